The van der Waals surface area contributed by atoms with Gasteiger partial charge in [0.1, 0.15) is 0 Å². The Labute approximate surface area is 91.0 Å². The van der Waals surface area contributed by atoms with E-state index in [9.17, 15) is 0 Å². The van der Waals surface area contributed by atoms with Gasteiger partial charge in [-0.25, -0.2) is 0 Å². The summed E-state index contributed by atoms with van der Waals surface area (Å²) in [6, 6.07) is 0. The highest BCUT2D eigenvalue weighted by atomic mass is 35.5. The number of rotatable bonds is 5. The number of nitrogens with one attached hydrogen (secondary N) is 1. The standard InChI is InChI=1S/C9H17N3O.ClH/c1-8-6-11-12(2)9(8)7-10-4-5-13-3;/h6,10H,4-5,7H2,1-3H3;1H. The maximum Gasteiger partial charge on any atom is 0.0587 e. The van der Waals surface area contributed by atoms with E-state index in [-0.39, 0.29) is 12.4 Å². The molecule has 0 aliphatic heterocycles. The Hall–Kier alpha value is -0.580. The van der Waals surface area contributed by atoms with Gasteiger partial charge in [0, 0.05) is 27.2 Å². The van der Waals surface area contributed by atoms with Crippen LogP contribution in [0.2, 0.25) is 0 Å². The molecular formula is C9H18ClN3O. The van der Waals surface area contributed by atoms with Gasteiger partial charge < -0.3 is 10.1 Å². The SMILES string of the molecule is COCCNCc1c(C)cnn1C.Cl. The molecule has 0 saturated heterocycles. The first-order valence-electron chi connectivity index (χ1n) is 4.43. The molecule has 0 bridgehead atoms. The fourth-order valence-corrected chi connectivity index (χ4v) is 1.21. The Morgan fingerprint density at radius 3 is 2.79 bits per heavy atom. The highest BCUT2D eigenvalue weighted by molar-refractivity contribution is 5.85. The topological polar surface area (TPSA) is 39.1 Å². The molecule has 5 heteroatoms. The van der Waals surface area contributed by atoms with Gasteiger partial charge in [0.25, 0.3) is 0 Å². The van der Waals surface area contributed by atoms with Gasteiger partial charge in [0.2, 0.25) is 0 Å². The minimum Gasteiger partial charge on any atom is -0.383 e. The van der Waals surface area contributed by atoms with Crippen LogP contribution in [0.5, 0.6) is 0 Å². The molecule has 82 valence electrons. The summed E-state index contributed by atoms with van der Waals surface area (Å²) in [6.45, 7) is 4.55. The Morgan fingerprint density at radius 1 is 1.57 bits per heavy atom. The van der Waals surface area contributed by atoms with Crippen molar-refractivity contribution in [3.05, 3.63) is 17.5 Å². The Kier molecular flexibility index (Phi) is 6.53. The maximum atomic E-state index is 4.94. The smallest absolute Gasteiger partial charge is 0.0587 e. The van der Waals surface area contributed by atoms with Crippen molar-refractivity contribution in [1.29, 1.82) is 0 Å². The second-order valence-electron chi connectivity index (χ2n) is 3.07. The summed E-state index contributed by atoms with van der Waals surface area (Å²) in [4.78, 5) is 0. The van der Waals surface area contributed by atoms with Crippen LogP contribution in [0.25, 0.3) is 0 Å². The molecule has 0 aliphatic rings. The normalized spacial score (nSPS) is 9.93. The number of hydrogen-bond acceptors (Lipinski definition) is 3. The van der Waals surface area contributed by atoms with Gasteiger partial charge in [-0.3, -0.25) is 4.68 Å². The van der Waals surface area contributed by atoms with Crippen LogP contribution in [0.4, 0.5) is 0 Å². The molecule has 0 aromatic carbocycles. The van der Waals surface area contributed by atoms with Gasteiger partial charge in [-0.15, -0.1) is 12.4 Å². The number of hydrogen-bond donors (Lipinski definition) is 1. The lowest BCUT2D eigenvalue weighted by molar-refractivity contribution is 0.199. The van der Waals surface area contributed by atoms with Crippen LogP contribution >= 0.6 is 12.4 Å². The average molecular weight is 220 g/mol. The Balaban J connectivity index is 0.00000169. The molecule has 4 nitrogen and oxygen atoms in total. The van der Waals surface area contributed by atoms with Crippen molar-refractivity contribution in [3.63, 3.8) is 0 Å². The van der Waals surface area contributed by atoms with Crippen LogP contribution in [0.15, 0.2) is 6.20 Å². The summed E-state index contributed by atoms with van der Waals surface area (Å²) in [5, 5.41) is 7.45. The van der Waals surface area contributed by atoms with E-state index in [4.69, 9.17) is 4.74 Å². The predicted molar refractivity (Wildman–Crippen MR) is 58.8 cm³/mol. The molecule has 0 radical (unpaired) electrons. The van der Waals surface area contributed by atoms with Crippen molar-refractivity contribution in [2.24, 2.45) is 7.05 Å². The molecule has 0 spiro atoms. The summed E-state index contributed by atoms with van der Waals surface area (Å²) in [6.07, 6.45) is 1.88. The number of nitrogens with zero attached hydrogens (tertiary/aromatic N) is 2. The monoisotopic (exact) mass is 219 g/mol. The van der Waals surface area contributed by atoms with Crippen molar-refractivity contribution in [1.82, 2.24) is 15.1 Å². The van der Waals surface area contributed by atoms with Crippen LogP contribution in [-0.4, -0.2) is 30.0 Å². The van der Waals surface area contributed by atoms with Crippen molar-refractivity contribution >= 4 is 12.4 Å². The van der Waals surface area contributed by atoms with E-state index in [0.29, 0.717) is 0 Å². The second-order valence-corrected chi connectivity index (χ2v) is 3.07. The maximum absolute atomic E-state index is 4.94. The third kappa shape index (κ3) is 3.65. The summed E-state index contributed by atoms with van der Waals surface area (Å²) >= 11 is 0. The molecule has 0 saturated carbocycles. The van der Waals surface area contributed by atoms with Gasteiger partial charge in [0.05, 0.1) is 18.5 Å². The third-order valence-corrected chi connectivity index (χ3v) is 2.05. The van der Waals surface area contributed by atoms with E-state index < -0.39 is 0 Å². The minimum absolute atomic E-state index is 0. The van der Waals surface area contributed by atoms with Gasteiger partial charge in [-0.05, 0) is 12.5 Å². The van der Waals surface area contributed by atoms with Crippen LogP contribution in [0, 0.1) is 6.92 Å². The lowest BCUT2D eigenvalue weighted by Gasteiger charge is -2.05. The van der Waals surface area contributed by atoms with E-state index >= 15 is 0 Å². The Morgan fingerprint density at radius 2 is 2.29 bits per heavy atom. The van der Waals surface area contributed by atoms with Crippen molar-refractivity contribution < 1.29 is 4.74 Å². The van der Waals surface area contributed by atoms with Gasteiger partial charge >= 0.3 is 0 Å². The summed E-state index contributed by atoms with van der Waals surface area (Å²) in [5.74, 6) is 0. The molecular weight excluding hydrogens is 202 g/mol. The third-order valence-electron chi connectivity index (χ3n) is 2.05. The first-order valence-corrected chi connectivity index (χ1v) is 4.43. The summed E-state index contributed by atoms with van der Waals surface area (Å²) < 4.78 is 6.83. The molecule has 0 fully saturated rings. The largest absolute Gasteiger partial charge is 0.383 e. The molecule has 14 heavy (non-hydrogen) atoms. The highest BCUT2D eigenvalue weighted by Crippen LogP contribution is 2.03. The van der Waals surface area contributed by atoms with E-state index in [1.807, 2.05) is 17.9 Å². The van der Waals surface area contributed by atoms with Gasteiger partial charge in [-0.1, -0.05) is 0 Å². The molecule has 1 aromatic heterocycles. The van der Waals surface area contributed by atoms with Crippen LogP contribution in [0.3, 0.4) is 0 Å². The molecule has 0 atom stereocenters. The van der Waals surface area contributed by atoms with Crippen molar-refractivity contribution in [3.8, 4) is 0 Å². The fraction of sp³-hybridized carbons (Fsp3) is 0.667. The molecule has 0 aliphatic carbocycles. The molecule has 0 unspecified atom stereocenters. The van der Waals surface area contributed by atoms with Gasteiger partial charge in [0.15, 0.2) is 0 Å². The summed E-state index contributed by atoms with van der Waals surface area (Å²) in [5.41, 5.74) is 2.46. The molecule has 1 rings (SSSR count). The Bertz CT molecular complexity index is 243. The molecule has 1 N–H and O–H groups in total. The fourth-order valence-electron chi connectivity index (χ4n) is 1.21. The van der Waals surface area contributed by atoms with Crippen LogP contribution in [-0.2, 0) is 18.3 Å². The summed E-state index contributed by atoms with van der Waals surface area (Å²) in [7, 11) is 3.66. The zero-order chi connectivity index (χ0) is 9.68. The van der Waals surface area contributed by atoms with Gasteiger partial charge in [-0.2, -0.15) is 5.10 Å². The second kappa shape index (κ2) is 6.81. The number of aryl methyl sites for hydroxylation is 2. The lowest BCUT2D eigenvalue weighted by atomic mass is 10.3. The van der Waals surface area contributed by atoms with E-state index in [1.54, 1.807) is 7.11 Å². The average Bonchev–Trinajstić information content (AvgIpc) is 2.42. The highest BCUT2D eigenvalue weighted by Gasteiger charge is 2.02. The number of ether oxygens (including phenoxy) is 1. The minimum atomic E-state index is 0. The first kappa shape index (κ1) is 13.4. The zero-order valence-electron chi connectivity index (χ0n) is 8.91. The van der Waals surface area contributed by atoms with E-state index in [2.05, 4.69) is 17.3 Å². The number of halogens is 1. The quantitative estimate of drug-likeness (QED) is 0.748. The van der Waals surface area contributed by atoms with Crippen LogP contribution < -0.4 is 5.32 Å². The molecule has 1 aromatic rings. The number of methoxy groups -OCH3 is 1. The van der Waals surface area contributed by atoms with Crippen molar-refractivity contribution in [2.45, 2.75) is 13.5 Å². The van der Waals surface area contributed by atoms with Crippen LogP contribution in [0.1, 0.15) is 11.3 Å². The predicted octanol–water partition coefficient (Wildman–Crippen LogP) is 0.886. The van der Waals surface area contributed by atoms with E-state index in [0.717, 1.165) is 19.7 Å². The van der Waals surface area contributed by atoms with E-state index in [1.165, 1.54) is 11.3 Å². The molecule has 1 heterocycles. The first-order chi connectivity index (χ1) is 6.25. The lowest BCUT2D eigenvalue weighted by Crippen LogP contribution is -2.20. The van der Waals surface area contributed by atoms with Crippen molar-refractivity contribution in [2.75, 3.05) is 20.3 Å². The zero-order valence-corrected chi connectivity index (χ0v) is 9.73. The molecule has 0 amide bonds. The number of aromatic nitrogens is 2.